The van der Waals surface area contributed by atoms with Crippen LogP contribution in [0.3, 0.4) is 0 Å². The van der Waals surface area contributed by atoms with Gasteiger partial charge in [0, 0.05) is 38.6 Å². The van der Waals surface area contributed by atoms with E-state index in [-0.39, 0.29) is 18.6 Å². The van der Waals surface area contributed by atoms with Gasteiger partial charge < -0.3 is 23.7 Å². The van der Waals surface area contributed by atoms with Crippen molar-refractivity contribution in [1.29, 1.82) is 0 Å². The van der Waals surface area contributed by atoms with E-state index in [1.807, 2.05) is 50.6 Å². The molecule has 2 amide bonds. The highest BCUT2D eigenvalue weighted by molar-refractivity contribution is 5.78. The number of aryl methyl sites for hydroxylation is 1. The molecule has 1 aliphatic rings. The Morgan fingerprint density at radius 1 is 1.15 bits per heavy atom. The molecule has 3 heterocycles. The number of piperazine rings is 1. The predicted octanol–water partition coefficient (Wildman–Crippen LogP) is 2.10. The van der Waals surface area contributed by atoms with Gasteiger partial charge in [-0.15, -0.1) is 0 Å². The summed E-state index contributed by atoms with van der Waals surface area (Å²) in [6.07, 6.45) is 3.45. The van der Waals surface area contributed by atoms with Crippen molar-refractivity contribution in [3.63, 3.8) is 0 Å². The lowest BCUT2D eigenvalue weighted by molar-refractivity contribution is -0.135. The summed E-state index contributed by atoms with van der Waals surface area (Å²) < 4.78 is 12.9. The van der Waals surface area contributed by atoms with E-state index in [0.717, 1.165) is 5.69 Å². The maximum absolute atomic E-state index is 12.5. The third kappa shape index (κ3) is 4.69. The summed E-state index contributed by atoms with van der Waals surface area (Å²) in [6, 6.07) is 3.66. The average molecular weight is 374 g/mol. The average Bonchev–Trinajstić information content (AvgIpc) is 2.99. The van der Waals surface area contributed by atoms with Crippen LogP contribution in [0, 0.1) is 6.92 Å². The zero-order valence-electron chi connectivity index (χ0n) is 16.3. The van der Waals surface area contributed by atoms with E-state index in [2.05, 4.69) is 4.98 Å². The molecule has 1 saturated heterocycles. The van der Waals surface area contributed by atoms with E-state index >= 15 is 0 Å². The van der Waals surface area contributed by atoms with E-state index < -0.39 is 5.60 Å². The lowest BCUT2D eigenvalue weighted by Crippen LogP contribution is -2.52. The predicted molar refractivity (Wildman–Crippen MR) is 99.8 cm³/mol. The number of pyridine rings is 1. The molecule has 146 valence electrons. The third-order valence-electron chi connectivity index (χ3n) is 4.20. The maximum Gasteiger partial charge on any atom is 0.410 e. The minimum absolute atomic E-state index is 0.0575. The molecule has 0 aliphatic carbocycles. The van der Waals surface area contributed by atoms with Gasteiger partial charge in [-0.25, -0.2) is 9.78 Å². The Balaban J connectivity index is 1.52. The maximum atomic E-state index is 12.5. The molecule has 27 heavy (non-hydrogen) atoms. The first-order chi connectivity index (χ1) is 12.7. The van der Waals surface area contributed by atoms with Gasteiger partial charge in [0.05, 0.1) is 5.69 Å². The summed E-state index contributed by atoms with van der Waals surface area (Å²) in [6.45, 7) is 9.20. The molecule has 0 atom stereocenters. The second-order valence-corrected chi connectivity index (χ2v) is 7.62. The topological polar surface area (TPSA) is 76.4 Å². The molecule has 0 radical (unpaired) electrons. The third-order valence-corrected chi connectivity index (χ3v) is 4.20. The summed E-state index contributed by atoms with van der Waals surface area (Å²) >= 11 is 0. The summed E-state index contributed by atoms with van der Waals surface area (Å²) in [5, 5.41) is 0. The number of carbonyl (C=O) groups excluding carboxylic acids is 2. The molecule has 0 spiro atoms. The van der Waals surface area contributed by atoms with E-state index in [1.54, 1.807) is 15.9 Å². The van der Waals surface area contributed by atoms with Crippen LogP contribution in [0.2, 0.25) is 0 Å². The number of imidazole rings is 1. The largest absolute Gasteiger partial charge is 0.480 e. The number of rotatable bonds is 3. The van der Waals surface area contributed by atoms with Gasteiger partial charge in [-0.2, -0.15) is 0 Å². The van der Waals surface area contributed by atoms with Crippen LogP contribution in [0.25, 0.3) is 5.65 Å². The van der Waals surface area contributed by atoms with Gasteiger partial charge >= 0.3 is 6.09 Å². The van der Waals surface area contributed by atoms with Crippen LogP contribution >= 0.6 is 0 Å². The number of nitrogens with zero attached hydrogens (tertiary/aromatic N) is 4. The molecule has 0 unspecified atom stereocenters. The zero-order chi connectivity index (χ0) is 19.6. The molecule has 0 saturated carbocycles. The van der Waals surface area contributed by atoms with Crippen LogP contribution in [-0.4, -0.2) is 69.6 Å². The lowest BCUT2D eigenvalue weighted by atomic mass is 10.2. The Morgan fingerprint density at radius 3 is 2.48 bits per heavy atom. The monoisotopic (exact) mass is 374 g/mol. The highest BCUT2D eigenvalue weighted by Gasteiger charge is 2.27. The molecule has 1 aliphatic heterocycles. The number of carbonyl (C=O) groups is 2. The Labute approximate surface area is 158 Å². The van der Waals surface area contributed by atoms with Crippen LogP contribution in [0.15, 0.2) is 24.5 Å². The molecular weight excluding hydrogens is 348 g/mol. The smallest absolute Gasteiger partial charge is 0.410 e. The van der Waals surface area contributed by atoms with E-state index in [4.69, 9.17) is 9.47 Å². The molecular formula is C19H26N4O4. The van der Waals surface area contributed by atoms with Crippen LogP contribution in [0.4, 0.5) is 4.79 Å². The van der Waals surface area contributed by atoms with Gasteiger partial charge in [-0.1, -0.05) is 0 Å². The molecule has 0 aromatic carbocycles. The summed E-state index contributed by atoms with van der Waals surface area (Å²) in [5.41, 5.74) is 1.05. The molecule has 2 aromatic rings. The van der Waals surface area contributed by atoms with Crippen molar-refractivity contribution < 1.29 is 19.1 Å². The standard InChI is InChI=1S/C19H26N4O4/c1-14-12-23-7-5-6-15(17(23)20-14)26-13-16(24)21-8-10-22(11-9-21)18(25)27-19(2,3)4/h5-7,12H,8-11,13H2,1-4H3. The molecule has 1 fully saturated rings. The lowest BCUT2D eigenvalue weighted by Gasteiger charge is -2.35. The Kier molecular flexibility index (Phi) is 5.25. The van der Waals surface area contributed by atoms with Crippen LogP contribution in [0.5, 0.6) is 5.75 Å². The highest BCUT2D eigenvalue weighted by atomic mass is 16.6. The molecule has 0 N–H and O–H groups in total. The van der Waals surface area contributed by atoms with Gasteiger partial charge in [0.1, 0.15) is 5.60 Å². The highest BCUT2D eigenvalue weighted by Crippen LogP contribution is 2.19. The Morgan fingerprint density at radius 2 is 1.81 bits per heavy atom. The van der Waals surface area contributed by atoms with E-state index in [9.17, 15) is 9.59 Å². The van der Waals surface area contributed by atoms with Gasteiger partial charge in [-0.05, 0) is 39.8 Å². The van der Waals surface area contributed by atoms with Gasteiger partial charge in [0.15, 0.2) is 18.0 Å². The minimum atomic E-state index is -0.524. The first kappa shape index (κ1) is 19.0. The normalized spacial score (nSPS) is 15.1. The summed E-state index contributed by atoms with van der Waals surface area (Å²) in [7, 11) is 0. The first-order valence-electron chi connectivity index (χ1n) is 9.06. The summed E-state index contributed by atoms with van der Waals surface area (Å²) in [5.74, 6) is 0.468. The van der Waals surface area contributed by atoms with Crippen molar-refractivity contribution in [3.05, 3.63) is 30.2 Å². The minimum Gasteiger partial charge on any atom is -0.480 e. The Bertz CT molecular complexity index is 832. The van der Waals surface area contributed by atoms with Crippen molar-refractivity contribution in [2.45, 2.75) is 33.3 Å². The van der Waals surface area contributed by atoms with Gasteiger partial charge in [0.25, 0.3) is 5.91 Å². The second kappa shape index (κ2) is 7.46. The number of aromatic nitrogens is 2. The van der Waals surface area contributed by atoms with Crippen molar-refractivity contribution in [2.75, 3.05) is 32.8 Å². The number of fused-ring (bicyclic) bond motifs is 1. The fourth-order valence-corrected chi connectivity index (χ4v) is 2.92. The van der Waals surface area contributed by atoms with Crippen LogP contribution < -0.4 is 4.74 Å². The summed E-state index contributed by atoms with van der Waals surface area (Å²) in [4.78, 5) is 32.3. The van der Waals surface area contributed by atoms with Crippen LogP contribution in [-0.2, 0) is 9.53 Å². The number of ether oxygens (including phenoxy) is 2. The fourth-order valence-electron chi connectivity index (χ4n) is 2.92. The first-order valence-corrected chi connectivity index (χ1v) is 9.06. The number of hydrogen-bond donors (Lipinski definition) is 0. The van der Waals surface area contributed by atoms with Crippen molar-refractivity contribution in [2.24, 2.45) is 0 Å². The van der Waals surface area contributed by atoms with Crippen molar-refractivity contribution >= 4 is 17.6 Å². The number of amides is 2. The number of hydrogen-bond acceptors (Lipinski definition) is 5. The molecule has 3 rings (SSSR count). The molecule has 8 heteroatoms. The Hall–Kier alpha value is -2.77. The molecule has 2 aromatic heterocycles. The van der Waals surface area contributed by atoms with Gasteiger partial charge in [0.2, 0.25) is 0 Å². The molecule has 8 nitrogen and oxygen atoms in total. The molecule has 0 bridgehead atoms. The van der Waals surface area contributed by atoms with E-state index in [0.29, 0.717) is 37.6 Å². The second-order valence-electron chi connectivity index (χ2n) is 7.62. The van der Waals surface area contributed by atoms with Crippen molar-refractivity contribution in [3.8, 4) is 5.75 Å². The quantitative estimate of drug-likeness (QED) is 0.822. The van der Waals surface area contributed by atoms with Crippen LogP contribution in [0.1, 0.15) is 26.5 Å². The fraction of sp³-hybridized carbons (Fsp3) is 0.526. The SMILES string of the molecule is Cc1cn2cccc(OCC(=O)N3CCN(C(=O)OC(C)(C)C)CC3)c2n1. The van der Waals surface area contributed by atoms with Crippen molar-refractivity contribution in [1.82, 2.24) is 19.2 Å². The van der Waals surface area contributed by atoms with Gasteiger partial charge in [-0.3, -0.25) is 4.79 Å². The van der Waals surface area contributed by atoms with E-state index in [1.165, 1.54) is 0 Å². The zero-order valence-corrected chi connectivity index (χ0v) is 16.3.